The Morgan fingerprint density at radius 2 is 1.35 bits per heavy atom. The van der Waals surface area contributed by atoms with Gasteiger partial charge in [-0.3, -0.25) is 9.80 Å². The van der Waals surface area contributed by atoms with Crippen LogP contribution < -0.4 is 5.32 Å². The van der Waals surface area contributed by atoms with Crippen molar-refractivity contribution in [3.05, 3.63) is 0 Å². The molecule has 0 bridgehead atoms. The molecule has 0 aliphatic carbocycles. The lowest BCUT2D eigenvalue weighted by atomic mass is 10.1. The summed E-state index contributed by atoms with van der Waals surface area (Å²) in [6.07, 6.45) is 17.0. The summed E-state index contributed by atoms with van der Waals surface area (Å²) in [5.41, 5.74) is 0. The molecule has 4 nitrogen and oxygen atoms in total. The minimum absolute atomic E-state index is 0.256. The van der Waals surface area contributed by atoms with E-state index in [0.29, 0.717) is 4.48 Å². The van der Waals surface area contributed by atoms with E-state index in [1.165, 1.54) is 70.6 Å². The predicted octanol–water partition coefficient (Wildman–Crippen LogP) is 5.00. The van der Waals surface area contributed by atoms with E-state index in [-0.39, 0.29) is 12.1 Å². The van der Waals surface area contributed by atoms with E-state index in [9.17, 15) is 9.90 Å². The Bertz CT molecular complexity index is 332. The Labute approximate surface area is 163 Å². The normalized spacial score (nSPS) is 13.1. The first kappa shape index (κ1) is 25.6. The highest BCUT2D eigenvalue weighted by atomic mass is 16.3. The molecule has 1 amide bonds. The zero-order chi connectivity index (χ0) is 19.7. The van der Waals surface area contributed by atoms with Gasteiger partial charge in [0, 0.05) is 0 Å². The van der Waals surface area contributed by atoms with Crippen molar-refractivity contribution in [1.82, 2.24) is 5.32 Å². The van der Waals surface area contributed by atoms with E-state index >= 15 is 0 Å². The van der Waals surface area contributed by atoms with Crippen molar-refractivity contribution in [2.24, 2.45) is 0 Å². The molecule has 156 valence electrons. The van der Waals surface area contributed by atoms with E-state index in [2.05, 4.69) is 12.2 Å². The molecule has 4 heteroatoms. The summed E-state index contributed by atoms with van der Waals surface area (Å²) in [6.45, 7) is 5.79. The lowest BCUT2D eigenvalue weighted by Gasteiger charge is -2.25. The van der Waals surface area contributed by atoms with Crippen LogP contribution in [0.4, 0.5) is 0 Å². The number of rotatable bonds is 18. The van der Waals surface area contributed by atoms with Crippen LogP contribution in [-0.4, -0.2) is 48.9 Å². The van der Waals surface area contributed by atoms with Crippen molar-refractivity contribution < 1.29 is 14.4 Å². The molecular weight excluding hydrogens is 324 g/mol. The standard InChI is InChI=1S/C22H47N2O2/c1-5-6-15-18-22(26)23-19-16-13-11-9-7-8-10-12-14-17-20-24(3,4)21(2)25/h22-23,26H,5-20H2,1-4H3/q+1. The molecule has 0 aliphatic rings. The molecule has 0 rings (SSSR count). The number of carbonyl (C=O) groups excluding carboxylic acids is 1. The van der Waals surface area contributed by atoms with Gasteiger partial charge in [0.25, 0.3) is 0 Å². The van der Waals surface area contributed by atoms with Crippen LogP contribution in [0.15, 0.2) is 0 Å². The molecular formula is C22H47N2O2+. The van der Waals surface area contributed by atoms with Crippen LogP contribution in [0, 0.1) is 0 Å². The largest absolute Gasteiger partial charge is 0.379 e. The second-order valence-electron chi connectivity index (χ2n) is 8.43. The average Bonchev–Trinajstić information content (AvgIpc) is 2.59. The van der Waals surface area contributed by atoms with E-state index < -0.39 is 0 Å². The fraction of sp³-hybridized carbons (Fsp3) is 0.955. The number of amides is 1. The molecule has 0 radical (unpaired) electrons. The molecule has 26 heavy (non-hydrogen) atoms. The summed E-state index contributed by atoms with van der Waals surface area (Å²) >= 11 is 0. The lowest BCUT2D eigenvalue weighted by Crippen LogP contribution is -2.44. The number of unbranched alkanes of at least 4 members (excludes halogenated alkanes) is 11. The summed E-state index contributed by atoms with van der Waals surface area (Å²) in [6, 6.07) is 0. The summed E-state index contributed by atoms with van der Waals surface area (Å²) in [4.78, 5) is 11.4. The summed E-state index contributed by atoms with van der Waals surface area (Å²) in [5, 5.41) is 13.0. The molecule has 0 saturated carbocycles. The zero-order valence-electron chi connectivity index (χ0n) is 18.2. The van der Waals surface area contributed by atoms with Crippen LogP contribution >= 0.6 is 0 Å². The van der Waals surface area contributed by atoms with Gasteiger partial charge in [0.05, 0.1) is 27.6 Å². The van der Waals surface area contributed by atoms with E-state index in [4.69, 9.17) is 0 Å². The number of quaternary nitrogens is 1. The first-order chi connectivity index (χ1) is 12.4. The minimum atomic E-state index is -0.304. The summed E-state index contributed by atoms with van der Waals surface area (Å²) in [7, 11) is 4.01. The Morgan fingerprint density at radius 1 is 0.846 bits per heavy atom. The van der Waals surface area contributed by atoms with Crippen molar-refractivity contribution in [3.8, 4) is 0 Å². The van der Waals surface area contributed by atoms with Crippen LogP contribution in [0.5, 0.6) is 0 Å². The molecule has 1 atom stereocenters. The Hall–Kier alpha value is -0.450. The SMILES string of the molecule is CCCCCC(O)NCCCCCCCCCCCC[N+](C)(C)C(C)=O. The molecule has 0 spiro atoms. The molecule has 0 aromatic heterocycles. The van der Waals surface area contributed by atoms with Gasteiger partial charge in [0.1, 0.15) is 6.23 Å². The monoisotopic (exact) mass is 371 g/mol. The van der Waals surface area contributed by atoms with Gasteiger partial charge < -0.3 is 5.11 Å². The van der Waals surface area contributed by atoms with Gasteiger partial charge in [-0.15, -0.1) is 0 Å². The predicted molar refractivity (Wildman–Crippen MR) is 112 cm³/mol. The lowest BCUT2D eigenvalue weighted by molar-refractivity contribution is -0.813. The fourth-order valence-corrected chi connectivity index (χ4v) is 3.16. The average molecular weight is 372 g/mol. The number of nitrogens with one attached hydrogen (secondary N) is 1. The van der Waals surface area contributed by atoms with Gasteiger partial charge in [-0.1, -0.05) is 64.7 Å². The van der Waals surface area contributed by atoms with Crippen LogP contribution in [0.2, 0.25) is 0 Å². The molecule has 0 saturated heterocycles. The maximum atomic E-state index is 11.4. The van der Waals surface area contributed by atoms with E-state index in [0.717, 1.165) is 32.4 Å². The van der Waals surface area contributed by atoms with E-state index in [1.54, 1.807) is 6.92 Å². The van der Waals surface area contributed by atoms with Crippen molar-refractivity contribution >= 4 is 5.91 Å². The molecule has 0 aromatic carbocycles. The van der Waals surface area contributed by atoms with Gasteiger partial charge in [-0.2, -0.15) is 0 Å². The van der Waals surface area contributed by atoms with Crippen LogP contribution in [-0.2, 0) is 4.79 Å². The molecule has 0 aromatic rings. The van der Waals surface area contributed by atoms with E-state index in [1.807, 2.05) is 14.1 Å². The third kappa shape index (κ3) is 15.8. The van der Waals surface area contributed by atoms with Gasteiger partial charge in [-0.25, -0.2) is 4.79 Å². The van der Waals surface area contributed by atoms with Crippen LogP contribution in [0.25, 0.3) is 0 Å². The summed E-state index contributed by atoms with van der Waals surface area (Å²) < 4.78 is 0.518. The summed E-state index contributed by atoms with van der Waals surface area (Å²) in [5.74, 6) is 0.256. The minimum Gasteiger partial charge on any atom is -0.379 e. The van der Waals surface area contributed by atoms with Crippen LogP contribution in [0.3, 0.4) is 0 Å². The highest BCUT2D eigenvalue weighted by Crippen LogP contribution is 2.12. The molecule has 1 unspecified atom stereocenters. The highest BCUT2D eigenvalue weighted by Gasteiger charge is 2.20. The first-order valence-corrected chi connectivity index (χ1v) is 11.2. The van der Waals surface area contributed by atoms with Crippen molar-refractivity contribution in [2.75, 3.05) is 27.2 Å². The molecule has 2 N–H and O–H groups in total. The quantitative estimate of drug-likeness (QED) is 0.202. The Morgan fingerprint density at radius 3 is 1.85 bits per heavy atom. The molecule has 0 fully saturated rings. The second kappa shape index (κ2) is 16.7. The number of aliphatic hydroxyl groups excluding tert-OH is 1. The van der Waals surface area contributed by atoms with Crippen molar-refractivity contribution in [3.63, 3.8) is 0 Å². The Kier molecular flexibility index (Phi) is 16.4. The van der Waals surface area contributed by atoms with Crippen molar-refractivity contribution in [2.45, 2.75) is 110 Å². The van der Waals surface area contributed by atoms with Gasteiger partial charge in [-0.05, 0) is 38.6 Å². The topological polar surface area (TPSA) is 49.3 Å². The van der Waals surface area contributed by atoms with Gasteiger partial charge >= 0.3 is 5.91 Å². The van der Waals surface area contributed by atoms with Gasteiger partial charge in [0.15, 0.2) is 0 Å². The second-order valence-corrected chi connectivity index (χ2v) is 8.43. The maximum Gasteiger partial charge on any atom is 0.310 e. The third-order valence-electron chi connectivity index (χ3n) is 5.46. The zero-order valence-corrected chi connectivity index (χ0v) is 18.2. The number of aliphatic hydroxyl groups is 1. The number of hydrogen-bond donors (Lipinski definition) is 2. The van der Waals surface area contributed by atoms with Gasteiger partial charge in [0.2, 0.25) is 0 Å². The highest BCUT2D eigenvalue weighted by molar-refractivity contribution is 5.65. The fourth-order valence-electron chi connectivity index (χ4n) is 3.16. The number of nitrogens with zero attached hydrogens (tertiary/aromatic N) is 1. The third-order valence-corrected chi connectivity index (χ3v) is 5.46. The molecule has 0 aliphatic heterocycles. The first-order valence-electron chi connectivity index (χ1n) is 11.2. The molecule has 0 heterocycles. The van der Waals surface area contributed by atoms with Crippen LogP contribution in [0.1, 0.15) is 104 Å². The van der Waals surface area contributed by atoms with Crippen molar-refractivity contribution in [1.29, 1.82) is 0 Å². The number of carbonyl (C=O) groups is 1. The Balaban J connectivity index is 3.24. The maximum absolute atomic E-state index is 11.4. The number of hydrogen-bond acceptors (Lipinski definition) is 3. The smallest absolute Gasteiger partial charge is 0.310 e.